The van der Waals surface area contributed by atoms with Crippen molar-refractivity contribution in [1.29, 1.82) is 0 Å². The van der Waals surface area contributed by atoms with Crippen LogP contribution in [0.25, 0.3) is 12.2 Å². The topological polar surface area (TPSA) is 68.3 Å². The molecule has 0 aliphatic heterocycles. The van der Waals surface area contributed by atoms with Crippen LogP contribution in [0, 0.1) is 0 Å². The van der Waals surface area contributed by atoms with Gasteiger partial charge in [-0.05, 0) is 47.5 Å². The van der Waals surface area contributed by atoms with Crippen molar-refractivity contribution in [3.63, 3.8) is 0 Å². The summed E-state index contributed by atoms with van der Waals surface area (Å²) in [6.45, 7) is 3.71. The van der Waals surface area contributed by atoms with Crippen molar-refractivity contribution in [3.05, 3.63) is 101 Å². The zero-order chi connectivity index (χ0) is 21.6. The zero-order valence-electron chi connectivity index (χ0n) is 16.3. The van der Waals surface area contributed by atoms with E-state index in [-0.39, 0.29) is 0 Å². The predicted molar refractivity (Wildman–Crippen MR) is 123 cm³/mol. The maximum atomic E-state index is 13.1. The first kappa shape index (κ1) is 21.6. The highest BCUT2D eigenvalue weighted by molar-refractivity contribution is 7.93. The van der Waals surface area contributed by atoms with Crippen LogP contribution in [0.15, 0.2) is 79.6 Å². The minimum absolute atomic E-state index is 0.383. The fourth-order valence-corrected chi connectivity index (χ4v) is 4.52. The molecule has 3 aromatic rings. The van der Waals surface area contributed by atoms with Gasteiger partial charge in [-0.3, -0.25) is 9.71 Å². The van der Waals surface area contributed by atoms with Crippen LogP contribution < -0.4 is 9.46 Å². The first-order valence-electron chi connectivity index (χ1n) is 9.09. The predicted octanol–water partition coefficient (Wildman–Crippen LogP) is 5.58. The van der Waals surface area contributed by atoms with E-state index in [1.54, 1.807) is 68.0 Å². The molecule has 0 amide bonds. The maximum absolute atomic E-state index is 13.1. The molecule has 5 nitrogen and oxygen atoms in total. The molecule has 2 aromatic carbocycles. The van der Waals surface area contributed by atoms with Crippen LogP contribution in [0.2, 0.25) is 5.02 Å². The van der Waals surface area contributed by atoms with Crippen LogP contribution in [-0.2, 0) is 10.0 Å². The van der Waals surface area contributed by atoms with Crippen LogP contribution in [0.1, 0.15) is 21.9 Å². The Balaban J connectivity index is 1.93. The number of benzene rings is 2. The van der Waals surface area contributed by atoms with Gasteiger partial charge in [0.2, 0.25) is 10.0 Å². The first-order valence-corrected chi connectivity index (χ1v) is 11.0. The highest BCUT2D eigenvalue weighted by Crippen LogP contribution is 2.31. The van der Waals surface area contributed by atoms with Crippen LogP contribution in [-0.4, -0.2) is 20.5 Å². The maximum Gasteiger partial charge on any atom is 0.243 e. The Bertz CT molecular complexity index is 1140. The molecule has 1 N–H and O–H groups in total. The number of halogens is 1. The monoisotopic (exact) mass is 440 g/mol. The summed E-state index contributed by atoms with van der Waals surface area (Å²) in [5, 5.41) is -0.514. The number of ether oxygens (including phenoxy) is 1. The summed E-state index contributed by atoms with van der Waals surface area (Å²) in [5.74, 6) is 0.644. The van der Waals surface area contributed by atoms with E-state index in [9.17, 15) is 8.42 Å². The lowest BCUT2D eigenvalue weighted by Crippen LogP contribution is -2.20. The largest absolute Gasteiger partial charge is 0.497 e. The minimum Gasteiger partial charge on any atom is -0.497 e. The average molecular weight is 441 g/mol. The van der Waals surface area contributed by atoms with E-state index in [1.165, 1.54) is 6.08 Å². The van der Waals surface area contributed by atoms with Gasteiger partial charge in [-0.15, -0.1) is 6.58 Å². The Morgan fingerprint density at radius 2 is 1.77 bits per heavy atom. The Morgan fingerprint density at radius 1 is 1.07 bits per heavy atom. The van der Waals surface area contributed by atoms with Crippen LogP contribution in [0.3, 0.4) is 0 Å². The summed E-state index contributed by atoms with van der Waals surface area (Å²) in [4.78, 5) is 3.98. The molecule has 0 bridgehead atoms. The smallest absolute Gasteiger partial charge is 0.243 e. The van der Waals surface area contributed by atoms with Crippen LogP contribution in [0.4, 0.5) is 5.69 Å². The first-order chi connectivity index (χ1) is 14.4. The molecule has 1 atom stereocenters. The fourth-order valence-electron chi connectivity index (χ4n) is 2.90. The van der Waals surface area contributed by atoms with Gasteiger partial charge in [0.1, 0.15) is 11.0 Å². The van der Waals surface area contributed by atoms with E-state index in [4.69, 9.17) is 16.3 Å². The summed E-state index contributed by atoms with van der Waals surface area (Å²) in [6.07, 6.45) is 8.36. The molecule has 0 saturated carbocycles. The second-order valence-electron chi connectivity index (χ2n) is 6.39. The van der Waals surface area contributed by atoms with E-state index in [0.717, 1.165) is 5.56 Å². The second-order valence-corrected chi connectivity index (χ2v) is 8.60. The molecule has 1 heterocycles. The molecule has 1 unspecified atom stereocenters. The molecule has 154 valence electrons. The van der Waals surface area contributed by atoms with Crippen molar-refractivity contribution >= 4 is 39.5 Å². The summed E-state index contributed by atoms with van der Waals surface area (Å²) in [7, 11) is -2.28. The van der Waals surface area contributed by atoms with E-state index in [1.807, 2.05) is 18.2 Å². The van der Waals surface area contributed by atoms with E-state index >= 15 is 0 Å². The summed E-state index contributed by atoms with van der Waals surface area (Å²) in [6, 6.07) is 15.6. The van der Waals surface area contributed by atoms with Gasteiger partial charge in [0, 0.05) is 23.0 Å². The summed E-state index contributed by atoms with van der Waals surface area (Å²) in [5.41, 5.74) is 2.44. The standard InChI is InChI=1S/C23H21ClN2O3S/c1-3-23(18-8-10-19(29-2)11-9-18)30(27,28)26-22-6-4-5-21(24)20(22)12-7-17-13-15-25-16-14-17/h3-16,23,26H,1H2,2H3. The molecule has 0 saturated heterocycles. The zero-order valence-corrected chi connectivity index (χ0v) is 17.9. The fraction of sp³-hybridized carbons (Fsp3) is 0.0870. The lowest BCUT2D eigenvalue weighted by Gasteiger charge is -2.18. The van der Waals surface area contributed by atoms with Crippen molar-refractivity contribution in [3.8, 4) is 5.75 Å². The summed E-state index contributed by atoms with van der Waals surface area (Å²) >= 11 is 6.36. The van der Waals surface area contributed by atoms with Gasteiger partial charge in [-0.1, -0.05) is 48.0 Å². The van der Waals surface area contributed by atoms with Gasteiger partial charge in [-0.25, -0.2) is 8.42 Å². The Kier molecular flexibility index (Phi) is 6.92. The highest BCUT2D eigenvalue weighted by Gasteiger charge is 2.25. The van der Waals surface area contributed by atoms with E-state index in [0.29, 0.717) is 27.6 Å². The molecule has 1 aromatic heterocycles. The van der Waals surface area contributed by atoms with Crippen molar-refractivity contribution in [2.45, 2.75) is 5.25 Å². The number of nitrogens with zero attached hydrogens (tertiary/aromatic N) is 1. The average Bonchev–Trinajstić information content (AvgIpc) is 2.74. The molecule has 3 rings (SSSR count). The van der Waals surface area contributed by atoms with Crippen molar-refractivity contribution in [1.82, 2.24) is 4.98 Å². The minimum atomic E-state index is -3.83. The van der Waals surface area contributed by atoms with Crippen LogP contribution in [0.5, 0.6) is 5.75 Å². The van der Waals surface area contributed by atoms with Gasteiger partial charge >= 0.3 is 0 Å². The number of nitrogens with one attached hydrogen (secondary N) is 1. The SMILES string of the molecule is C=CC(c1ccc(OC)cc1)S(=O)(=O)Nc1cccc(Cl)c1C=Cc1ccncc1. The van der Waals surface area contributed by atoms with Gasteiger partial charge in [0.05, 0.1) is 12.8 Å². The Hall–Kier alpha value is -3.09. The number of anilines is 1. The molecule has 0 spiro atoms. The third-order valence-electron chi connectivity index (χ3n) is 4.45. The number of hydrogen-bond acceptors (Lipinski definition) is 4. The molecule has 0 aliphatic carbocycles. The molecule has 30 heavy (non-hydrogen) atoms. The van der Waals surface area contributed by atoms with Gasteiger partial charge in [0.25, 0.3) is 0 Å². The van der Waals surface area contributed by atoms with Gasteiger partial charge in [-0.2, -0.15) is 0 Å². The van der Waals surface area contributed by atoms with Crippen molar-refractivity contribution in [2.75, 3.05) is 11.8 Å². The number of sulfonamides is 1. The van der Waals surface area contributed by atoms with Gasteiger partial charge in [0.15, 0.2) is 0 Å². The Labute approximate surface area is 181 Å². The van der Waals surface area contributed by atoms with E-state index in [2.05, 4.69) is 16.3 Å². The highest BCUT2D eigenvalue weighted by atomic mass is 35.5. The number of hydrogen-bond donors (Lipinski definition) is 1. The third kappa shape index (κ3) is 5.09. The van der Waals surface area contributed by atoms with E-state index < -0.39 is 15.3 Å². The molecule has 0 radical (unpaired) electrons. The van der Waals surface area contributed by atoms with Gasteiger partial charge < -0.3 is 4.74 Å². The third-order valence-corrected chi connectivity index (χ3v) is 6.41. The lowest BCUT2D eigenvalue weighted by molar-refractivity contribution is 0.414. The second kappa shape index (κ2) is 9.61. The molecule has 7 heteroatoms. The molecule has 0 aliphatic rings. The Morgan fingerprint density at radius 3 is 2.40 bits per heavy atom. The van der Waals surface area contributed by atoms with Crippen molar-refractivity contribution < 1.29 is 13.2 Å². The lowest BCUT2D eigenvalue weighted by atomic mass is 10.1. The summed E-state index contributed by atoms with van der Waals surface area (Å²) < 4.78 is 34.1. The van der Waals surface area contributed by atoms with Crippen LogP contribution >= 0.6 is 11.6 Å². The number of methoxy groups -OCH3 is 1. The van der Waals surface area contributed by atoms with Crippen molar-refractivity contribution in [2.24, 2.45) is 0 Å². The normalized spacial score (nSPS) is 12.5. The number of pyridine rings is 1. The number of rotatable bonds is 8. The quantitative estimate of drug-likeness (QED) is 0.464. The molecular weight excluding hydrogens is 420 g/mol. The molecular formula is C23H21ClN2O3S. The number of aromatic nitrogens is 1. The molecule has 0 fully saturated rings.